The maximum atomic E-state index is 12.3. The van der Waals surface area contributed by atoms with E-state index in [1.807, 2.05) is 18.2 Å². The third-order valence-corrected chi connectivity index (χ3v) is 11.0. The van der Waals surface area contributed by atoms with Crippen molar-refractivity contribution in [3.8, 4) is 0 Å². The molecule has 0 aliphatic carbocycles. The molecule has 11 nitrogen and oxygen atoms in total. The Hall–Kier alpha value is -3.86. The number of phosphoric ester groups is 1. The monoisotopic (exact) mass is 942 g/mol. The van der Waals surface area contributed by atoms with Gasteiger partial charge >= 0.3 is 19.8 Å². The van der Waals surface area contributed by atoms with E-state index in [4.69, 9.17) is 13.8 Å². The van der Waals surface area contributed by atoms with Gasteiger partial charge in [-0.05, 0) is 89.9 Å². The molecule has 0 saturated carbocycles. The zero-order valence-electron chi connectivity index (χ0n) is 40.7. The van der Waals surface area contributed by atoms with Crippen LogP contribution in [0.3, 0.4) is 0 Å². The van der Waals surface area contributed by atoms with E-state index in [0.717, 1.165) is 70.6 Å². The van der Waals surface area contributed by atoms with Crippen LogP contribution in [0.15, 0.2) is 109 Å². The highest BCUT2D eigenvalue weighted by Gasteiger charge is 2.28. The molecule has 0 aromatic carbocycles. The van der Waals surface area contributed by atoms with Crippen LogP contribution in [0.2, 0.25) is 0 Å². The molecule has 0 aliphatic heterocycles. The van der Waals surface area contributed by atoms with Gasteiger partial charge in [-0.15, -0.1) is 0 Å². The Morgan fingerprint density at radius 2 is 0.894 bits per heavy atom. The fourth-order valence-corrected chi connectivity index (χ4v) is 7.00. The summed E-state index contributed by atoms with van der Waals surface area (Å²) in [6, 6.07) is -1.60. The molecule has 3 atom stereocenters. The van der Waals surface area contributed by atoms with Crippen molar-refractivity contribution in [2.45, 2.75) is 193 Å². The topological polar surface area (TPSA) is 169 Å². The van der Waals surface area contributed by atoms with Crippen LogP contribution in [0, 0.1) is 0 Å². The summed E-state index contributed by atoms with van der Waals surface area (Å²) >= 11 is 0. The molecule has 3 unspecified atom stereocenters. The molecule has 0 radical (unpaired) electrons. The summed E-state index contributed by atoms with van der Waals surface area (Å²) in [5.41, 5.74) is 0. The number of carboxylic acid groups (broad SMARTS) is 1. The van der Waals surface area contributed by atoms with Gasteiger partial charge in [0.15, 0.2) is 6.04 Å². The Labute approximate surface area is 399 Å². The van der Waals surface area contributed by atoms with Gasteiger partial charge in [-0.3, -0.25) is 18.6 Å². The predicted molar refractivity (Wildman–Crippen MR) is 272 cm³/mol. The Balaban J connectivity index is 3.94. The van der Waals surface area contributed by atoms with Crippen molar-refractivity contribution in [1.82, 2.24) is 5.32 Å². The van der Waals surface area contributed by atoms with Gasteiger partial charge in [0.2, 0.25) is 5.91 Å². The highest BCUT2D eigenvalue weighted by molar-refractivity contribution is 7.47. The van der Waals surface area contributed by atoms with Crippen molar-refractivity contribution >= 4 is 25.7 Å². The van der Waals surface area contributed by atoms with Gasteiger partial charge in [0, 0.05) is 12.8 Å². The molecular weight excluding hydrogens is 854 g/mol. The largest absolute Gasteiger partial charge is 0.480 e. The van der Waals surface area contributed by atoms with E-state index >= 15 is 0 Å². The number of allylic oxidation sites excluding steroid dienone is 18. The minimum Gasteiger partial charge on any atom is -0.480 e. The third-order valence-electron chi connectivity index (χ3n) is 10.1. The van der Waals surface area contributed by atoms with E-state index < -0.39 is 57.6 Å². The summed E-state index contributed by atoms with van der Waals surface area (Å²) in [7, 11) is -4.79. The lowest BCUT2D eigenvalue weighted by Crippen LogP contribution is -2.43. The van der Waals surface area contributed by atoms with Crippen LogP contribution in [0.4, 0.5) is 0 Å². The molecule has 0 fully saturated rings. The normalized spacial score (nSPS) is 14.5. The number of aliphatic hydroxyl groups excluding tert-OH is 1. The van der Waals surface area contributed by atoms with Crippen LogP contribution in [0.5, 0.6) is 0 Å². The number of carbonyl (C=O) groups is 3. The number of aliphatic hydroxyl groups is 1. The Morgan fingerprint density at radius 1 is 0.500 bits per heavy atom. The van der Waals surface area contributed by atoms with Gasteiger partial charge in [-0.25, -0.2) is 9.36 Å². The lowest BCUT2D eigenvalue weighted by molar-refractivity contribution is -0.147. The molecule has 0 saturated heterocycles. The van der Waals surface area contributed by atoms with Gasteiger partial charge in [0.05, 0.1) is 13.2 Å². The van der Waals surface area contributed by atoms with Crippen molar-refractivity contribution < 1.29 is 47.8 Å². The second-order valence-electron chi connectivity index (χ2n) is 16.3. The maximum Gasteiger partial charge on any atom is 0.472 e. The molecule has 4 N–H and O–H groups in total. The van der Waals surface area contributed by atoms with Crippen molar-refractivity contribution in [3.63, 3.8) is 0 Å². The van der Waals surface area contributed by atoms with Crippen molar-refractivity contribution in [2.75, 3.05) is 19.8 Å². The lowest BCUT2D eigenvalue weighted by Gasteiger charge is -2.18. The van der Waals surface area contributed by atoms with Crippen molar-refractivity contribution in [3.05, 3.63) is 109 Å². The van der Waals surface area contributed by atoms with E-state index in [-0.39, 0.29) is 12.8 Å². The smallest absolute Gasteiger partial charge is 0.472 e. The quantitative estimate of drug-likeness (QED) is 0.0200. The first-order valence-electron chi connectivity index (χ1n) is 24.9. The first kappa shape index (κ1) is 62.1. The Bertz CT molecular complexity index is 1530. The molecule has 66 heavy (non-hydrogen) atoms. The van der Waals surface area contributed by atoms with Gasteiger partial charge < -0.3 is 25.2 Å². The number of hydrogen-bond acceptors (Lipinski definition) is 8. The first-order valence-corrected chi connectivity index (χ1v) is 26.4. The molecule has 374 valence electrons. The average molecular weight is 942 g/mol. The molecule has 0 heterocycles. The number of nitrogens with one attached hydrogen (secondary N) is 1. The highest BCUT2D eigenvalue weighted by atomic mass is 31.2. The van der Waals surface area contributed by atoms with Crippen LogP contribution in [-0.4, -0.2) is 64.9 Å². The second kappa shape index (κ2) is 47.6. The summed E-state index contributed by atoms with van der Waals surface area (Å²) in [6.07, 6.45) is 62.7. The maximum absolute atomic E-state index is 12.3. The fraction of sp³-hybridized carbons (Fsp3) is 0.611. The zero-order valence-corrected chi connectivity index (χ0v) is 41.6. The number of unbranched alkanes of at least 4 members (excludes halogenated alkanes) is 13. The fourth-order valence-electron chi connectivity index (χ4n) is 6.23. The molecular formula is C54H88NO10P. The van der Waals surface area contributed by atoms with Crippen LogP contribution in [-0.2, 0) is 32.7 Å². The molecule has 0 rings (SSSR count). The van der Waals surface area contributed by atoms with Crippen LogP contribution < -0.4 is 5.32 Å². The van der Waals surface area contributed by atoms with E-state index in [1.165, 1.54) is 64.2 Å². The number of amides is 1. The molecule has 0 spiro atoms. The highest BCUT2D eigenvalue weighted by Crippen LogP contribution is 2.43. The number of phosphoric acid groups is 1. The van der Waals surface area contributed by atoms with Crippen LogP contribution in [0.25, 0.3) is 0 Å². The first-order chi connectivity index (χ1) is 32.1. The second-order valence-corrected chi connectivity index (χ2v) is 17.7. The number of rotatable bonds is 45. The van der Waals surface area contributed by atoms with Gasteiger partial charge in [-0.2, -0.15) is 0 Å². The summed E-state index contributed by atoms with van der Waals surface area (Å²) in [5, 5.41) is 21.8. The summed E-state index contributed by atoms with van der Waals surface area (Å²) in [4.78, 5) is 46.0. The van der Waals surface area contributed by atoms with E-state index in [2.05, 4.69) is 110 Å². The predicted octanol–water partition coefficient (Wildman–Crippen LogP) is 13.8. The zero-order chi connectivity index (χ0) is 48.4. The lowest BCUT2D eigenvalue weighted by atomic mass is 10.1. The van der Waals surface area contributed by atoms with Crippen LogP contribution in [0.1, 0.15) is 181 Å². The molecule has 0 bridgehead atoms. The molecule has 0 aromatic rings. The average Bonchev–Trinajstić information content (AvgIpc) is 3.29. The molecule has 12 heteroatoms. The standard InChI is InChI=1S/C54H88NO10P/c1-3-5-7-9-11-13-15-17-19-21-23-24-25-26-28-30-32-34-36-38-40-42-44-46-53(58)63-47-50(56)48-64-66(61,62)65-49-51(54(59)60)55-52(57)45-43-41-39-37-35-33-31-29-27-22-20-18-16-14-12-10-8-6-4-2/h6,8,11-14,17-20,23-24,27,29,33,35,39,41,50-51,56H,3-5,7,9-10,15-16,21-22,25-26,28,30-32,34,36-38,40,42-49H2,1-2H3,(H,55,57)(H,59,60)(H,61,62)/b8-6-,13-11-,14-12-,19-17-,20-18-,24-23-,29-27-,35-33-,41-39-. The SMILES string of the molecule is CC/C=C\C/C=C\C/C=C\C/C=C\C/C=C\C/C=C\CCC(=O)NC(COP(=O)(O)OCC(O)COC(=O)CCCCCCCCCCCC/C=C\C/C=C\C/C=C\CCCCC)C(=O)O. The Kier molecular flexibility index (Phi) is 44.8. The third kappa shape index (κ3) is 46.7. The number of esters is 1. The van der Waals surface area contributed by atoms with Crippen molar-refractivity contribution in [1.29, 1.82) is 0 Å². The van der Waals surface area contributed by atoms with Gasteiger partial charge in [0.1, 0.15) is 12.7 Å². The number of aliphatic carboxylic acids is 1. The molecule has 0 aliphatic rings. The number of carboxylic acids is 1. The minimum absolute atomic E-state index is 0.0141. The van der Waals surface area contributed by atoms with E-state index in [9.17, 15) is 34.1 Å². The van der Waals surface area contributed by atoms with Crippen LogP contribution >= 0.6 is 7.82 Å². The van der Waals surface area contributed by atoms with E-state index in [0.29, 0.717) is 19.3 Å². The summed E-state index contributed by atoms with van der Waals surface area (Å²) < 4.78 is 26.9. The summed E-state index contributed by atoms with van der Waals surface area (Å²) in [5.74, 6) is -2.51. The van der Waals surface area contributed by atoms with Gasteiger partial charge in [-0.1, -0.05) is 187 Å². The van der Waals surface area contributed by atoms with Gasteiger partial charge in [0.25, 0.3) is 0 Å². The number of ether oxygens (including phenoxy) is 1. The summed E-state index contributed by atoms with van der Waals surface area (Å²) in [6.45, 7) is 2.39. The molecule has 0 aromatic heterocycles. The van der Waals surface area contributed by atoms with Crippen molar-refractivity contribution in [2.24, 2.45) is 0 Å². The number of hydrogen-bond donors (Lipinski definition) is 4. The number of carbonyl (C=O) groups excluding carboxylic acids is 2. The Morgan fingerprint density at radius 3 is 1.35 bits per heavy atom. The molecule has 1 amide bonds. The minimum atomic E-state index is -4.79. The van der Waals surface area contributed by atoms with E-state index in [1.54, 1.807) is 0 Å².